The fourth-order valence-corrected chi connectivity index (χ4v) is 3.41. The van der Waals surface area contributed by atoms with Gasteiger partial charge < -0.3 is 15.0 Å². The van der Waals surface area contributed by atoms with Gasteiger partial charge in [0.05, 0.1) is 13.1 Å². The number of H-pyrrole nitrogens is 1. The summed E-state index contributed by atoms with van der Waals surface area (Å²) in [5.74, 6) is 0.598. The number of carbonyl (C=O) groups is 1. The van der Waals surface area contributed by atoms with E-state index in [-0.39, 0.29) is 5.91 Å². The number of likely N-dealkylation sites (tertiary alicyclic amines) is 1. The Hall–Kier alpha value is -1.81. The Morgan fingerprint density at radius 3 is 2.86 bits per heavy atom. The van der Waals surface area contributed by atoms with Crippen molar-refractivity contribution in [1.29, 1.82) is 0 Å². The quantitative estimate of drug-likeness (QED) is 0.903. The fourth-order valence-electron chi connectivity index (χ4n) is 3.41. The van der Waals surface area contributed by atoms with Crippen LogP contribution in [0.3, 0.4) is 0 Å². The zero-order valence-electron chi connectivity index (χ0n) is 12.0. The number of benzene rings is 1. The average molecular weight is 284 g/mol. The molecule has 1 aromatic carbocycles. The molecular weight excluding hydrogens is 264 g/mol. The van der Waals surface area contributed by atoms with Crippen molar-refractivity contribution in [2.75, 3.05) is 13.1 Å². The Bertz CT molecular complexity index is 681. The predicted molar refractivity (Wildman–Crippen MR) is 80.9 cm³/mol. The summed E-state index contributed by atoms with van der Waals surface area (Å²) >= 11 is 0. The average Bonchev–Trinajstić information content (AvgIpc) is 3.23. The van der Waals surface area contributed by atoms with Crippen LogP contribution in [0.25, 0.3) is 10.9 Å². The highest BCUT2D eigenvalue weighted by Crippen LogP contribution is 2.44. The second kappa shape index (κ2) is 4.60. The van der Waals surface area contributed by atoms with Crippen LogP contribution in [0.15, 0.2) is 30.5 Å². The molecule has 2 aliphatic rings. The molecule has 21 heavy (non-hydrogen) atoms. The van der Waals surface area contributed by atoms with Crippen LogP contribution in [0, 0.1) is 5.92 Å². The Labute approximate surface area is 123 Å². The van der Waals surface area contributed by atoms with E-state index in [0.29, 0.717) is 25.4 Å². The number of β-amino-alcohol motifs (C(OH)–C–C–N with tert-alkyl or cyclic N) is 1. The van der Waals surface area contributed by atoms with Crippen molar-refractivity contribution in [3.05, 3.63) is 36.0 Å². The molecule has 0 atom stereocenters. The number of nitrogens with zero attached hydrogens (tertiary/aromatic N) is 1. The van der Waals surface area contributed by atoms with E-state index in [1.165, 1.54) is 10.9 Å². The molecule has 2 fully saturated rings. The lowest BCUT2D eigenvalue weighted by atomic mass is 9.88. The van der Waals surface area contributed by atoms with Gasteiger partial charge in [-0.25, -0.2) is 0 Å². The third-order valence-corrected chi connectivity index (χ3v) is 4.90. The zero-order valence-corrected chi connectivity index (χ0v) is 12.0. The second-order valence-electron chi connectivity index (χ2n) is 6.49. The van der Waals surface area contributed by atoms with Crippen LogP contribution in [-0.2, 0) is 11.2 Å². The summed E-state index contributed by atoms with van der Waals surface area (Å²) < 4.78 is 0. The van der Waals surface area contributed by atoms with E-state index < -0.39 is 5.60 Å². The minimum absolute atomic E-state index is 0.158. The lowest BCUT2D eigenvalue weighted by Gasteiger charge is -2.47. The number of aromatic amines is 1. The van der Waals surface area contributed by atoms with Crippen molar-refractivity contribution >= 4 is 16.8 Å². The molecule has 4 heteroatoms. The van der Waals surface area contributed by atoms with Gasteiger partial charge in [0.2, 0.25) is 5.91 Å². The first-order valence-electron chi connectivity index (χ1n) is 7.71. The second-order valence-corrected chi connectivity index (χ2v) is 6.49. The number of aromatic nitrogens is 1. The standard InChI is InChI=1S/C17H20N2O2/c20-16(19-10-17(21,11-19)13-6-7-13)8-5-12-9-18-15-4-2-1-3-14(12)15/h1-4,9,13,18,21H,5-8,10-11H2. The minimum atomic E-state index is -0.573. The lowest BCUT2D eigenvalue weighted by Crippen LogP contribution is -2.64. The summed E-state index contributed by atoms with van der Waals surface area (Å²) in [7, 11) is 0. The van der Waals surface area contributed by atoms with Gasteiger partial charge in [-0.05, 0) is 36.8 Å². The molecule has 0 spiro atoms. The number of carbonyl (C=O) groups excluding carboxylic acids is 1. The number of para-hydroxylation sites is 1. The van der Waals surface area contributed by atoms with Crippen LogP contribution < -0.4 is 0 Å². The molecule has 110 valence electrons. The van der Waals surface area contributed by atoms with Crippen LogP contribution in [0.5, 0.6) is 0 Å². The number of aliphatic hydroxyl groups is 1. The molecule has 1 aliphatic carbocycles. The van der Waals surface area contributed by atoms with Gasteiger partial charge in [0.1, 0.15) is 5.60 Å². The van der Waals surface area contributed by atoms with Gasteiger partial charge in [-0.15, -0.1) is 0 Å². The summed E-state index contributed by atoms with van der Waals surface area (Å²) in [4.78, 5) is 17.2. The van der Waals surface area contributed by atoms with Gasteiger partial charge >= 0.3 is 0 Å². The summed E-state index contributed by atoms with van der Waals surface area (Å²) in [5, 5.41) is 11.5. The molecule has 0 bridgehead atoms. The fraction of sp³-hybridized carbons (Fsp3) is 0.471. The number of hydrogen-bond donors (Lipinski definition) is 2. The molecule has 1 aliphatic heterocycles. The molecule has 1 aromatic heterocycles. The molecule has 2 aromatic rings. The normalized spacial score (nSPS) is 20.5. The van der Waals surface area contributed by atoms with E-state index in [2.05, 4.69) is 11.1 Å². The van der Waals surface area contributed by atoms with E-state index in [4.69, 9.17) is 0 Å². The van der Waals surface area contributed by atoms with Gasteiger partial charge in [-0.2, -0.15) is 0 Å². The monoisotopic (exact) mass is 284 g/mol. The first kappa shape index (κ1) is 12.9. The summed E-state index contributed by atoms with van der Waals surface area (Å²) in [5.41, 5.74) is 1.74. The smallest absolute Gasteiger partial charge is 0.223 e. The molecule has 2 heterocycles. The zero-order chi connectivity index (χ0) is 14.4. The van der Waals surface area contributed by atoms with Crippen molar-refractivity contribution in [3.63, 3.8) is 0 Å². The van der Waals surface area contributed by atoms with Gasteiger partial charge in [-0.1, -0.05) is 18.2 Å². The number of amides is 1. The highest BCUT2D eigenvalue weighted by Gasteiger charge is 2.52. The van der Waals surface area contributed by atoms with Gasteiger partial charge in [0.15, 0.2) is 0 Å². The number of fused-ring (bicyclic) bond motifs is 1. The van der Waals surface area contributed by atoms with Gasteiger partial charge in [0.25, 0.3) is 0 Å². The minimum Gasteiger partial charge on any atom is -0.386 e. The number of nitrogens with one attached hydrogen (secondary N) is 1. The van der Waals surface area contributed by atoms with Crippen molar-refractivity contribution in [2.24, 2.45) is 5.92 Å². The summed E-state index contributed by atoms with van der Waals surface area (Å²) in [6.45, 7) is 1.06. The largest absolute Gasteiger partial charge is 0.386 e. The lowest BCUT2D eigenvalue weighted by molar-refractivity contribution is -0.159. The third kappa shape index (κ3) is 2.23. The van der Waals surface area contributed by atoms with Gasteiger partial charge in [-0.3, -0.25) is 4.79 Å². The van der Waals surface area contributed by atoms with Crippen LogP contribution in [-0.4, -0.2) is 39.6 Å². The van der Waals surface area contributed by atoms with Crippen LogP contribution >= 0.6 is 0 Å². The summed E-state index contributed by atoms with van der Waals surface area (Å²) in [6, 6.07) is 8.16. The van der Waals surface area contributed by atoms with Crippen LogP contribution in [0.1, 0.15) is 24.8 Å². The Morgan fingerprint density at radius 1 is 1.33 bits per heavy atom. The van der Waals surface area contributed by atoms with E-state index in [0.717, 1.165) is 24.8 Å². The molecule has 2 N–H and O–H groups in total. The number of aryl methyl sites for hydroxylation is 1. The van der Waals surface area contributed by atoms with Crippen molar-refractivity contribution in [1.82, 2.24) is 9.88 Å². The van der Waals surface area contributed by atoms with Gasteiger partial charge in [0, 0.05) is 23.5 Å². The maximum atomic E-state index is 12.2. The molecule has 0 unspecified atom stereocenters. The predicted octanol–water partition coefficient (Wildman–Crippen LogP) is 2.08. The molecule has 1 saturated heterocycles. The van der Waals surface area contributed by atoms with Crippen molar-refractivity contribution < 1.29 is 9.90 Å². The molecular formula is C17H20N2O2. The maximum Gasteiger partial charge on any atom is 0.223 e. The van der Waals surface area contributed by atoms with E-state index in [1.54, 1.807) is 4.90 Å². The van der Waals surface area contributed by atoms with Crippen molar-refractivity contribution in [3.8, 4) is 0 Å². The molecule has 4 rings (SSSR count). The maximum absolute atomic E-state index is 12.2. The van der Waals surface area contributed by atoms with E-state index in [1.807, 2.05) is 24.4 Å². The highest BCUT2D eigenvalue weighted by molar-refractivity contribution is 5.84. The Kier molecular flexibility index (Phi) is 2.82. The SMILES string of the molecule is O=C(CCc1c[nH]c2ccccc12)N1CC(O)(C2CC2)C1. The molecule has 0 radical (unpaired) electrons. The summed E-state index contributed by atoms with van der Waals surface area (Å²) in [6.07, 6.45) is 5.50. The topological polar surface area (TPSA) is 56.3 Å². The number of hydrogen-bond acceptors (Lipinski definition) is 2. The van der Waals surface area contributed by atoms with Crippen LogP contribution in [0.4, 0.5) is 0 Å². The third-order valence-electron chi connectivity index (χ3n) is 4.90. The highest BCUT2D eigenvalue weighted by atomic mass is 16.3. The Morgan fingerprint density at radius 2 is 2.10 bits per heavy atom. The van der Waals surface area contributed by atoms with Crippen molar-refractivity contribution in [2.45, 2.75) is 31.3 Å². The van der Waals surface area contributed by atoms with E-state index >= 15 is 0 Å². The Balaban J connectivity index is 1.36. The van der Waals surface area contributed by atoms with E-state index in [9.17, 15) is 9.90 Å². The molecule has 1 amide bonds. The molecule has 4 nitrogen and oxygen atoms in total. The first-order valence-corrected chi connectivity index (χ1v) is 7.71. The number of rotatable bonds is 4. The first-order chi connectivity index (χ1) is 10.2. The molecule has 1 saturated carbocycles. The van der Waals surface area contributed by atoms with Crippen LogP contribution in [0.2, 0.25) is 0 Å².